The summed E-state index contributed by atoms with van der Waals surface area (Å²) in [6, 6.07) is 7.95. The molecule has 2 aromatic rings. The van der Waals surface area contributed by atoms with Crippen molar-refractivity contribution < 1.29 is 15.0 Å². The van der Waals surface area contributed by atoms with Gasteiger partial charge in [-0.3, -0.25) is 4.99 Å². The molecule has 258 valence electrons. The van der Waals surface area contributed by atoms with E-state index >= 15 is 0 Å². The highest BCUT2D eigenvalue weighted by atomic mass is 32.2. The lowest BCUT2D eigenvalue weighted by atomic mass is 9.78. The number of nitrogens with two attached hydrogens (primary N) is 2. The molecule has 2 rings (SSSR count). The lowest BCUT2D eigenvalue weighted by Gasteiger charge is -2.34. The molecular formula is C37H60N4O3S2. The molecule has 0 amide bonds. The molecule has 1 atom stereocenters. The average Bonchev–Trinajstić information content (AvgIpc) is 2.83. The Morgan fingerprint density at radius 2 is 1.11 bits per heavy atom. The van der Waals surface area contributed by atoms with Crippen molar-refractivity contribution in [3.63, 3.8) is 0 Å². The first-order chi connectivity index (χ1) is 20.6. The molecule has 46 heavy (non-hydrogen) atoms. The number of carboxylic acid groups (broad SMARTS) is 1. The standard InChI is InChI=1S/C37H60N4O3S2/c1-33(2,3)24-18-22(19-25(34(4,5)6)29(24)41-28(31(43)44)16-15-17-40-32(38)39)45-37(13,14)46-23-20-26(35(7,8)9)30(42)27(21-23)36(10,11)12/h18-21,28,41-42H,15-17H2,1-14H3,(H,43,44)(H4,38,39,40)/t28-/m0/s1. The first-order valence-electron chi connectivity index (χ1n) is 16.1. The topological polar surface area (TPSA) is 134 Å². The van der Waals surface area contributed by atoms with Gasteiger partial charge in [-0.05, 0) is 83.7 Å². The van der Waals surface area contributed by atoms with Crippen molar-refractivity contribution in [1.82, 2.24) is 0 Å². The Morgan fingerprint density at radius 3 is 1.43 bits per heavy atom. The summed E-state index contributed by atoms with van der Waals surface area (Å²) in [4.78, 5) is 18.7. The molecule has 0 aliphatic carbocycles. The normalized spacial score (nSPS) is 13.8. The van der Waals surface area contributed by atoms with Crippen LogP contribution in [0.4, 0.5) is 5.69 Å². The van der Waals surface area contributed by atoms with Crippen LogP contribution in [-0.4, -0.2) is 38.8 Å². The summed E-state index contributed by atoms with van der Waals surface area (Å²) in [6.07, 6.45) is 0.932. The van der Waals surface area contributed by atoms with Crippen molar-refractivity contribution in [1.29, 1.82) is 0 Å². The molecule has 2 aromatic carbocycles. The summed E-state index contributed by atoms with van der Waals surface area (Å²) in [5.74, 6) is -0.509. The highest BCUT2D eigenvalue weighted by molar-refractivity contribution is 8.18. The van der Waals surface area contributed by atoms with Crippen LogP contribution in [0.1, 0.15) is 132 Å². The van der Waals surface area contributed by atoms with Crippen molar-refractivity contribution in [3.8, 4) is 5.75 Å². The first kappa shape index (κ1) is 39.7. The number of aliphatic imine (C=N–C) groups is 1. The number of carbonyl (C=O) groups is 1. The second-order valence-corrected chi connectivity index (χ2v) is 20.5. The fourth-order valence-electron chi connectivity index (χ4n) is 5.35. The summed E-state index contributed by atoms with van der Waals surface area (Å²) in [5, 5.41) is 24.9. The molecule has 0 unspecified atom stereocenters. The Labute approximate surface area is 287 Å². The quantitative estimate of drug-likeness (QED) is 0.0525. The number of phenols is 1. The Bertz CT molecular complexity index is 1350. The molecule has 0 spiro atoms. The SMILES string of the molecule is CC(C)(Sc1cc(C(C)(C)C)c(O)c(C(C)(C)C)c1)Sc1cc(C(C)(C)C)c(N[C@@H](CCCN=C(N)N)C(=O)O)c(C(C)(C)C)c1. The lowest BCUT2D eigenvalue weighted by Crippen LogP contribution is -2.33. The van der Waals surface area contributed by atoms with E-state index in [0.29, 0.717) is 25.1 Å². The number of guanidine groups is 1. The summed E-state index contributed by atoms with van der Waals surface area (Å²) in [5.41, 5.74) is 15.0. The maximum Gasteiger partial charge on any atom is 0.326 e. The van der Waals surface area contributed by atoms with Crippen molar-refractivity contribution in [2.45, 2.75) is 151 Å². The summed E-state index contributed by atoms with van der Waals surface area (Å²) in [6.45, 7) is 30.7. The molecule has 0 bridgehead atoms. The van der Waals surface area contributed by atoms with Gasteiger partial charge >= 0.3 is 5.97 Å². The van der Waals surface area contributed by atoms with Crippen LogP contribution in [-0.2, 0) is 26.5 Å². The van der Waals surface area contributed by atoms with E-state index in [2.05, 4.69) is 132 Å². The van der Waals surface area contributed by atoms with Crippen molar-refractivity contribution >= 4 is 41.1 Å². The Hall–Kier alpha value is -2.52. The number of hydrogen-bond donors (Lipinski definition) is 5. The summed E-state index contributed by atoms with van der Waals surface area (Å²) < 4.78 is -0.254. The van der Waals surface area contributed by atoms with Gasteiger partial charge in [-0.25, -0.2) is 4.79 Å². The molecule has 7 N–H and O–H groups in total. The molecule has 0 saturated heterocycles. The zero-order chi connectivity index (χ0) is 35.6. The van der Waals surface area contributed by atoms with Crippen LogP contribution in [0.3, 0.4) is 0 Å². The number of rotatable bonds is 11. The number of nitrogens with one attached hydrogen (secondary N) is 1. The van der Waals surface area contributed by atoms with E-state index in [1.54, 1.807) is 23.5 Å². The minimum Gasteiger partial charge on any atom is -0.507 e. The maximum absolute atomic E-state index is 12.4. The third kappa shape index (κ3) is 11.0. The van der Waals surface area contributed by atoms with Gasteiger partial charge in [0.1, 0.15) is 11.8 Å². The number of carboxylic acids is 1. The van der Waals surface area contributed by atoms with E-state index in [0.717, 1.165) is 37.7 Å². The number of benzene rings is 2. The van der Waals surface area contributed by atoms with Gasteiger partial charge in [0, 0.05) is 33.2 Å². The molecule has 9 heteroatoms. The molecule has 0 aliphatic heterocycles. The number of aromatic hydroxyl groups is 1. The van der Waals surface area contributed by atoms with E-state index in [1.807, 2.05) is 0 Å². The monoisotopic (exact) mass is 672 g/mol. The van der Waals surface area contributed by atoms with E-state index in [-0.39, 0.29) is 31.7 Å². The molecule has 7 nitrogen and oxygen atoms in total. The van der Waals surface area contributed by atoms with E-state index < -0.39 is 12.0 Å². The van der Waals surface area contributed by atoms with Gasteiger partial charge in [0.25, 0.3) is 0 Å². The average molecular weight is 673 g/mol. The van der Waals surface area contributed by atoms with Crippen LogP contribution in [0.5, 0.6) is 5.75 Å². The molecule has 0 radical (unpaired) electrons. The van der Waals surface area contributed by atoms with Gasteiger partial charge in [-0.15, -0.1) is 23.5 Å². The fourth-order valence-corrected chi connectivity index (χ4v) is 7.93. The molecule has 0 fully saturated rings. The predicted octanol–water partition coefficient (Wildman–Crippen LogP) is 9.12. The van der Waals surface area contributed by atoms with Crippen LogP contribution in [0.2, 0.25) is 0 Å². The number of nitrogens with zero attached hydrogens (tertiary/aromatic N) is 1. The second kappa shape index (κ2) is 14.3. The minimum atomic E-state index is -0.904. The summed E-state index contributed by atoms with van der Waals surface area (Å²) >= 11 is 3.60. The third-order valence-corrected chi connectivity index (χ3v) is 10.1. The van der Waals surface area contributed by atoms with Crippen LogP contribution >= 0.6 is 23.5 Å². The zero-order valence-corrected chi connectivity index (χ0v) is 32.4. The highest BCUT2D eigenvalue weighted by Gasteiger charge is 2.33. The number of phenolic OH excluding ortho intramolecular Hbond substituents is 1. The Kier molecular flexibility index (Phi) is 12.3. The fraction of sp³-hybridized carbons (Fsp3) is 0.622. The smallest absolute Gasteiger partial charge is 0.326 e. The van der Waals surface area contributed by atoms with Crippen LogP contribution in [0, 0.1) is 0 Å². The number of thioether (sulfide) groups is 2. The molecule has 0 heterocycles. The summed E-state index contributed by atoms with van der Waals surface area (Å²) in [7, 11) is 0. The maximum atomic E-state index is 12.4. The molecule has 0 aliphatic rings. The molecule has 0 aromatic heterocycles. The zero-order valence-electron chi connectivity index (χ0n) is 30.7. The van der Waals surface area contributed by atoms with Gasteiger partial charge in [0.15, 0.2) is 5.96 Å². The van der Waals surface area contributed by atoms with Crippen molar-refractivity contribution in [3.05, 3.63) is 46.5 Å². The number of anilines is 1. The second-order valence-electron chi connectivity index (χ2n) is 16.8. The number of aliphatic carboxylic acids is 1. The predicted molar refractivity (Wildman–Crippen MR) is 200 cm³/mol. The van der Waals surface area contributed by atoms with Crippen LogP contribution in [0.15, 0.2) is 39.0 Å². The highest BCUT2D eigenvalue weighted by Crippen LogP contribution is 2.50. The van der Waals surface area contributed by atoms with Gasteiger partial charge in [-0.2, -0.15) is 0 Å². The van der Waals surface area contributed by atoms with Gasteiger partial charge in [0.2, 0.25) is 0 Å². The Morgan fingerprint density at radius 1 is 0.739 bits per heavy atom. The van der Waals surface area contributed by atoms with Crippen LogP contribution in [0.25, 0.3) is 0 Å². The van der Waals surface area contributed by atoms with Gasteiger partial charge in [0.05, 0.1) is 4.08 Å². The Balaban J connectivity index is 2.62. The molecular weight excluding hydrogens is 613 g/mol. The van der Waals surface area contributed by atoms with Gasteiger partial charge < -0.3 is 27.0 Å². The van der Waals surface area contributed by atoms with Crippen molar-refractivity contribution in [2.75, 3.05) is 11.9 Å². The van der Waals surface area contributed by atoms with E-state index in [9.17, 15) is 15.0 Å². The minimum absolute atomic E-state index is 0.00810. The van der Waals surface area contributed by atoms with E-state index in [1.165, 1.54) is 0 Å². The lowest BCUT2D eigenvalue weighted by molar-refractivity contribution is -0.138. The van der Waals surface area contributed by atoms with Gasteiger partial charge in [-0.1, -0.05) is 83.1 Å². The van der Waals surface area contributed by atoms with Crippen LogP contribution < -0.4 is 16.8 Å². The van der Waals surface area contributed by atoms with Crippen molar-refractivity contribution in [2.24, 2.45) is 16.5 Å². The first-order valence-corrected chi connectivity index (χ1v) is 17.8. The number of hydrogen-bond acceptors (Lipinski definition) is 6. The molecule has 0 saturated carbocycles. The van der Waals surface area contributed by atoms with E-state index in [4.69, 9.17) is 11.5 Å². The largest absolute Gasteiger partial charge is 0.507 e. The third-order valence-electron chi connectivity index (χ3n) is 7.72.